The Morgan fingerprint density at radius 3 is 2.92 bits per heavy atom. The highest BCUT2D eigenvalue weighted by Gasteiger charge is 2.31. The fraction of sp³-hybridized carbons (Fsp3) is 0.421. The zero-order valence-electron chi connectivity index (χ0n) is 14.5. The molecular formula is C19H21N5O. The second-order valence-electron chi connectivity index (χ2n) is 7.41. The summed E-state index contributed by atoms with van der Waals surface area (Å²) in [5.41, 5.74) is 5.19. The first kappa shape index (κ1) is 14.8. The van der Waals surface area contributed by atoms with E-state index < -0.39 is 0 Å². The number of fused-ring (bicyclic) bond motifs is 5. The van der Waals surface area contributed by atoms with E-state index in [-0.39, 0.29) is 5.56 Å². The zero-order valence-corrected chi connectivity index (χ0v) is 14.5. The Balaban J connectivity index is 1.68. The maximum absolute atomic E-state index is 12.7. The van der Waals surface area contributed by atoms with E-state index in [2.05, 4.69) is 27.5 Å². The Hall–Kier alpha value is -2.47. The summed E-state index contributed by atoms with van der Waals surface area (Å²) in [6, 6.07) is 6.06. The molecule has 6 nitrogen and oxygen atoms in total. The molecule has 6 heteroatoms. The van der Waals surface area contributed by atoms with Gasteiger partial charge in [0.2, 0.25) is 0 Å². The van der Waals surface area contributed by atoms with Gasteiger partial charge >= 0.3 is 0 Å². The SMILES string of the molecule is Cc1nc2c(C)cc(-c3cc4n(c(=O)c3)C[C@@H]3CNC[C@H]4C3)cn2n1. The van der Waals surface area contributed by atoms with Crippen molar-refractivity contribution >= 4 is 5.65 Å². The number of rotatable bonds is 1. The highest BCUT2D eigenvalue weighted by atomic mass is 16.1. The fourth-order valence-corrected chi connectivity index (χ4v) is 4.38. The molecular weight excluding hydrogens is 314 g/mol. The first-order chi connectivity index (χ1) is 12.1. The van der Waals surface area contributed by atoms with Crippen molar-refractivity contribution in [3.05, 3.63) is 51.8 Å². The Morgan fingerprint density at radius 2 is 2.04 bits per heavy atom. The molecule has 0 spiro atoms. The average Bonchev–Trinajstić information content (AvgIpc) is 2.97. The Bertz CT molecular complexity index is 1050. The molecule has 0 aliphatic carbocycles. The number of aromatic nitrogens is 4. The molecule has 2 bridgehead atoms. The van der Waals surface area contributed by atoms with E-state index in [1.54, 1.807) is 6.07 Å². The van der Waals surface area contributed by atoms with Gasteiger partial charge in [-0.15, -0.1) is 0 Å². The van der Waals surface area contributed by atoms with Gasteiger partial charge in [0.05, 0.1) is 0 Å². The lowest BCUT2D eigenvalue weighted by Gasteiger charge is -2.37. The van der Waals surface area contributed by atoms with Crippen LogP contribution in [0.4, 0.5) is 0 Å². The molecule has 128 valence electrons. The number of piperidine rings is 1. The van der Waals surface area contributed by atoms with Gasteiger partial charge in [0.25, 0.3) is 5.56 Å². The van der Waals surface area contributed by atoms with Gasteiger partial charge in [0.15, 0.2) is 5.65 Å². The summed E-state index contributed by atoms with van der Waals surface area (Å²) in [6.07, 6.45) is 3.15. The molecule has 1 saturated heterocycles. The van der Waals surface area contributed by atoms with Gasteiger partial charge in [-0.25, -0.2) is 9.50 Å². The van der Waals surface area contributed by atoms with E-state index in [0.717, 1.165) is 47.8 Å². The quantitative estimate of drug-likeness (QED) is 0.737. The van der Waals surface area contributed by atoms with Crippen molar-refractivity contribution in [2.24, 2.45) is 5.92 Å². The third-order valence-electron chi connectivity index (χ3n) is 5.52. The van der Waals surface area contributed by atoms with Crippen LogP contribution in [0.3, 0.4) is 0 Å². The van der Waals surface area contributed by atoms with Gasteiger partial charge < -0.3 is 9.88 Å². The summed E-state index contributed by atoms with van der Waals surface area (Å²) in [6.45, 7) is 6.74. The topological polar surface area (TPSA) is 64.2 Å². The van der Waals surface area contributed by atoms with Crippen LogP contribution in [0.2, 0.25) is 0 Å². The molecule has 0 amide bonds. The van der Waals surface area contributed by atoms with Crippen molar-refractivity contribution in [3.8, 4) is 11.1 Å². The molecule has 25 heavy (non-hydrogen) atoms. The van der Waals surface area contributed by atoms with Crippen LogP contribution < -0.4 is 10.9 Å². The standard InChI is InChI=1S/C19H21N5O/c1-11-3-16(10-24-19(11)21-12(2)22-24)14-5-17-15-4-13(7-20-8-15)9-23(17)18(25)6-14/h3,5-6,10,13,15,20H,4,7-9H2,1-2H3/t13-,15+/m0/s1. The normalized spacial score (nSPS) is 22.2. The monoisotopic (exact) mass is 335 g/mol. The second-order valence-corrected chi connectivity index (χ2v) is 7.41. The number of nitrogens with zero attached hydrogens (tertiary/aromatic N) is 4. The minimum Gasteiger partial charge on any atom is -0.316 e. The van der Waals surface area contributed by atoms with Crippen LogP contribution in [-0.4, -0.2) is 32.3 Å². The van der Waals surface area contributed by atoms with E-state index in [0.29, 0.717) is 11.8 Å². The van der Waals surface area contributed by atoms with Gasteiger partial charge in [-0.05, 0) is 56.0 Å². The Labute approximate surface area is 145 Å². The fourth-order valence-electron chi connectivity index (χ4n) is 4.38. The summed E-state index contributed by atoms with van der Waals surface area (Å²) in [4.78, 5) is 17.2. The third kappa shape index (κ3) is 2.32. The summed E-state index contributed by atoms with van der Waals surface area (Å²) < 4.78 is 3.80. The second kappa shape index (κ2) is 5.26. The van der Waals surface area contributed by atoms with Crippen LogP contribution in [0.5, 0.6) is 0 Å². The average molecular weight is 335 g/mol. The lowest BCUT2D eigenvalue weighted by Crippen LogP contribution is -2.44. The summed E-state index contributed by atoms with van der Waals surface area (Å²) in [7, 11) is 0. The first-order valence-electron chi connectivity index (χ1n) is 8.88. The van der Waals surface area contributed by atoms with Gasteiger partial charge in [-0.2, -0.15) is 5.10 Å². The van der Waals surface area contributed by atoms with E-state index in [1.165, 1.54) is 12.1 Å². The number of hydrogen-bond acceptors (Lipinski definition) is 4. The van der Waals surface area contributed by atoms with Gasteiger partial charge in [0, 0.05) is 42.5 Å². The van der Waals surface area contributed by atoms with Crippen molar-refractivity contribution in [3.63, 3.8) is 0 Å². The zero-order chi connectivity index (χ0) is 17.1. The molecule has 2 aliphatic heterocycles. The van der Waals surface area contributed by atoms with Crippen molar-refractivity contribution in [1.82, 2.24) is 24.5 Å². The summed E-state index contributed by atoms with van der Waals surface area (Å²) >= 11 is 0. The predicted octanol–water partition coefficient (Wildman–Crippen LogP) is 1.88. The highest BCUT2D eigenvalue weighted by molar-refractivity contribution is 5.67. The molecule has 2 aliphatic rings. The van der Waals surface area contributed by atoms with E-state index in [9.17, 15) is 4.79 Å². The van der Waals surface area contributed by atoms with Crippen LogP contribution in [-0.2, 0) is 6.54 Å². The number of aryl methyl sites for hydroxylation is 2. The number of hydrogen-bond donors (Lipinski definition) is 1. The highest BCUT2D eigenvalue weighted by Crippen LogP contribution is 2.34. The van der Waals surface area contributed by atoms with Gasteiger partial charge in [0.1, 0.15) is 5.82 Å². The molecule has 0 unspecified atom stereocenters. The number of nitrogens with one attached hydrogen (secondary N) is 1. The minimum atomic E-state index is 0.108. The largest absolute Gasteiger partial charge is 0.316 e. The van der Waals surface area contributed by atoms with Gasteiger partial charge in [-0.3, -0.25) is 4.79 Å². The van der Waals surface area contributed by atoms with Crippen LogP contribution in [0.25, 0.3) is 16.8 Å². The van der Waals surface area contributed by atoms with Crippen molar-refractivity contribution in [2.45, 2.75) is 32.7 Å². The maximum Gasteiger partial charge on any atom is 0.251 e. The Kier molecular flexibility index (Phi) is 3.12. The van der Waals surface area contributed by atoms with Crippen LogP contribution >= 0.6 is 0 Å². The maximum atomic E-state index is 12.7. The van der Waals surface area contributed by atoms with Gasteiger partial charge in [-0.1, -0.05) is 0 Å². The summed E-state index contributed by atoms with van der Waals surface area (Å²) in [5.74, 6) is 1.76. The summed E-state index contributed by atoms with van der Waals surface area (Å²) in [5, 5.41) is 7.94. The third-order valence-corrected chi connectivity index (χ3v) is 5.52. The molecule has 0 aromatic carbocycles. The Morgan fingerprint density at radius 1 is 1.16 bits per heavy atom. The molecule has 0 radical (unpaired) electrons. The van der Waals surface area contributed by atoms with Crippen molar-refractivity contribution < 1.29 is 0 Å². The van der Waals surface area contributed by atoms with E-state index in [1.807, 2.05) is 29.1 Å². The first-order valence-corrected chi connectivity index (χ1v) is 8.88. The van der Waals surface area contributed by atoms with Crippen molar-refractivity contribution in [1.29, 1.82) is 0 Å². The molecule has 1 fully saturated rings. The lowest BCUT2D eigenvalue weighted by atomic mass is 9.83. The molecule has 2 atom stereocenters. The molecule has 3 aromatic heterocycles. The molecule has 5 rings (SSSR count). The van der Waals surface area contributed by atoms with E-state index in [4.69, 9.17) is 0 Å². The molecule has 1 N–H and O–H groups in total. The number of pyridine rings is 2. The molecule has 5 heterocycles. The molecule has 0 saturated carbocycles. The van der Waals surface area contributed by atoms with Crippen LogP contribution in [0.1, 0.15) is 29.4 Å². The molecule has 3 aromatic rings. The minimum absolute atomic E-state index is 0.108. The predicted molar refractivity (Wildman–Crippen MR) is 95.9 cm³/mol. The smallest absolute Gasteiger partial charge is 0.251 e. The van der Waals surface area contributed by atoms with E-state index >= 15 is 0 Å². The van der Waals surface area contributed by atoms with Crippen molar-refractivity contribution in [2.75, 3.05) is 13.1 Å². The van der Waals surface area contributed by atoms with Crippen LogP contribution in [0.15, 0.2) is 29.2 Å². The van der Waals surface area contributed by atoms with Crippen LogP contribution in [0, 0.1) is 19.8 Å². The lowest BCUT2D eigenvalue weighted by molar-refractivity contribution is 0.257.